The predicted octanol–water partition coefficient (Wildman–Crippen LogP) is 5.83. The van der Waals surface area contributed by atoms with E-state index in [4.69, 9.17) is 9.97 Å². The zero-order valence-corrected chi connectivity index (χ0v) is 16.7. The van der Waals surface area contributed by atoms with Gasteiger partial charge in [-0.3, -0.25) is 4.79 Å². The Bertz CT molecular complexity index is 964. The number of nitrogens with zero attached hydrogens (tertiary/aromatic N) is 2. The first-order valence-corrected chi connectivity index (χ1v) is 10.3. The number of carbonyl (C=O) groups is 1. The number of nitrogens with one attached hydrogen (secondary N) is 2. The van der Waals surface area contributed by atoms with Gasteiger partial charge in [-0.2, -0.15) is 4.98 Å². The SMILES string of the molecule is CC(=O)c1ccc(Nc2cc(-c3ccccc3)nc(NC3CCCCC3)n2)cc1. The largest absolute Gasteiger partial charge is 0.351 e. The van der Waals surface area contributed by atoms with E-state index in [2.05, 4.69) is 22.8 Å². The highest BCUT2D eigenvalue weighted by atomic mass is 16.1. The molecule has 4 rings (SSSR count). The Hall–Kier alpha value is -3.21. The van der Waals surface area contributed by atoms with E-state index in [0.717, 1.165) is 35.6 Å². The first kappa shape index (κ1) is 19.1. The average molecular weight is 386 g/mol. The van der Waals surface area contributed by atoms with Crippen LogP contribution in [0.15, 0.2) is 60.7 Å². The second-order valence-corrected chi connectivity index (χ2v) is 7.57. The van der Waals surface area contributed by atoms with Crippen LogP contribution in [0.1, 0.15) is 49.4 Å². The van der Waals surface area contributed by atoms with Crippen LogP contribution in [-0.4, -0.2) is 21.8 Å². The van der Waals surface area contributed by atoms with E-state index in [1.165, 1.54) is 19.3 Å². The van der Waals surface area contributed by atoms with Gasteiger partial charge in [-0.05, 0) is 44.0 Å². The van der Waals surface area contributed by atoms with E-state index in [-0.39, 0.29) is 5.78 Å². The molecule has 2 N–H and O–H groups in total. The van der Waals surface area contributed by atoms with Crippen LogP contribution >= 0.6 is 0 Å². The van der Waals surface area contributed by atoms with Crippen LogP contribution in [0, 0.1) is 0 Å². The Balaban J connectivity index is 1.62. The highest BCUT2D eigenvalue weighted by Gasteiger charge is 2.15. The summed E-state index contributed by atoms with van der Waals surface area (Å²) in [6.07, 6.45) is 6.14. The second kappa shape index (κ2) is 8.86. The molecule has 1 aliphatic carbocycles. The van der Waals surface area contributed by atoms with Crippen LogP contribution in [0.2, 0.25) is 0 Å². The Morgan fingerprint density at radius 1 is 0.931 bits per heavy atom. The summed E-state index contributed by atoms with van der Waals surface area (Å²) in [5.41, 5.74) is 3.51. The van der Waals surface area contributed by atoms with E-state index in [0.29, 0.717) is 17.6 Å². The van der Waals surface area contributed by atoms with Gasteiger partial charge in [0.1, 0.15) is 5.82 Å². The van der Waals surface area contributed by atoms with Gasteiger partial charge in [-0.1, -0.05) is 49.6 Å². The highest BCUT2D eigenvalue weighted by Crippen LogP contribution is 2.26. The van der Waals surface area contributed by atoms with Crippen LogP contribution < -0.4 is 10.6 Å². The van der Waals surface area contributed by atoms with Gasteiger partial charge in [0.05, 0.1) is 5.69 Å². The molecule has 29 heavy (non-hydrogen) atoms. The van der Waals surface area contributed by atoms with Crippen molar-refractivity contribution in [3.63, 3.8) is 0 Å². The molecule has 148 valence electrons. The van der Waals surface area contributed by atoms with Crippen molar-refractivity contribution in [2.45, 2.75) is 45.1 Å². The number of hydrogen-bond donors (Lipinski definition) is 2. The molecule has 3 aromatic rings. The molecule has 0 spiro atoms. The monoisotopic (exact) mass is 386 g/mol. The molecular formula is C24H26N4O. The quantitative estimate of drug-likeness (QED) is 0.521. The summed E-state index contributed by atoms with van der Waals surface area (Å²) in [5.74, 6) is 1.44. The van der Waals surface area contributed by atoms with Crippen molar-refractivity contribution < 1.29 is 4.79 Å². The fraction of sp³-hybridized carbons (Fsp3) is 0.292. The first-order chi connectivity index (χ1) is 14.2. The van der Waals surface area contributed by atoms with Gasteiger partial charge in [-0.15, -0.1) is 0 Å². The molecule has 1 aliphatic rings. The lowest BCUT2D eigenvalue weighted by atomic mass is 9.96. The second-order valence-electron chi connectivity index (χ2n) is 7.57. The first-order valence-electron chi connectivity index (χ1n) is 10.3. The molecular weight excluding hydrogens is 360 g/mol. The van der Waals surface area contributed by atoms with Crippen molar-refractivity contribution in [2.24, 2.45) is 0 Å². The number of ketones is 1. The van der Waals surface area contributed by atoms with E-state index in [1.807, 2.05) is 48.5 Å². The number of Topliss-reactive ketones (excluding diaryl/α,β-unsaturated/α-hetero) is 1. The van der Waals surface area contributed by atoms with E-state index in [1.54, 1.807) is 6.92 Å². The summed E-state index contributed by atoms with van der Waals surface area (Å²) in [4.78, 5) is 21.0. The molecule has 5 nitrogen and oxygen atoms in total. The molecule has 1 heterocycles. The molecule has 0 bridgehead atoms. The minimum Gasteiger partial charge on any atom is -0.351 e. The lowest BCUT2D eigenvalue weighted by Gasteiger charge is -2.23. The third kappa shape index (κ3) is 4.99. The molecule has 0 atom stereocenters. The van der Waals surface area contributed by atoms with Gasteiger partial charge in [-0.25, -0.2) is 4.98 Å². The normalized spacial score (nSPS) is 14.4. The predicted molar refractivity (Wildman–Crippen MR) is 118 cm³/mol. The molecule has 0 amide bonds. The molecule has 1 saturated carbocycles. The standard InChI is InChI=1S/C24H26N4O/c1-17(29)18-12-14-21(15-13-18)25-23-16-22(19-8-4-2-5-9-19)27-24(28-23)26-20-10-6-3-7-11-20/h2,4-5,8-9,12-16,20H,3,6-7,10-11H2,1H3,(H2,25,26,27,28). The van der Waals surface area contributed by atoms with Gasteiger partial charge in [0, 0.05) is 28.9 Å². The Morgan fingerprint density at radius 3 is 2.34 bits per heavy atom. The minimum absolute atomic E-state index is 0.0592. The van der Waals surface area contributed by atoms with Crippen molar-refractivity contribution in [1.29, 1.82) is 0 Å². The maximum Gasteiger partial charge on any atom is 0.225 e. The number of carbonyl (C=O) groups excluding carboxylic acids is 1. The van der Waals surface area contributed by atoms with Crippen molar-refractivity contribution in [1.82, 2.24) is 9.97 Å². The number of rotatable bonds is 6. The zero-order valence-electron chi connectivity index (χ0n) is 16.7. The molecule has 5 heteroatoms. The molecule has 1 fully saturated rings. The van der Waals surface area contributed by atoms with E-state index in [9.17, 15) is 4.79 Å². The third-order valence-electron chi connectivity index (χ3n) is 5.30. The van der Waals surface area contributed by atoms with Crippen LogP contribution in [0.25, 0.3) is 11.3 Å². The fourth-order valence-corrected chi connectivity index (χ4v) is 3.70. The molecule has 0 saturated heterocycles. The van der Waals surface area contributed by atoms with Gasteiger partial charge in [0.2, 0.25) is 5.95 Å². The van der Waals surface area contributed by atoms with Crippen LogP contribution in [-0.2, 0) is 0 Å². The van der Waals surface area contributed by atoms with E-state index < -0.39 is 0 Å². The summed E-state index contributed by atoms with van der Waals surface area (Å²) in [7, 11) is 0. The van der Waals surface area contributed by atoms with Crippen molar-refractivity contribution in [3.8, 4) is 11.3 Å². The van der Waals surface area contributed by atoms with Gasteiger partial charge >= 0.3 is 0 Å². The van der Waals surface area contributed by atoms with E-state index >= 15 is 0 Å². The molecule has 1 aromatic heterocycles. The number of hydrogen-bond acceptors (Lipinski definition) is 5. The van der Waals surface area contributed by atoms with Crippen LogP contribution in [0.4, 0.5) is 17.5 Å². The maximum atomic E-state index is 11.5. The van der Waals surface area contributed by atoms with Gasteiger partial charge in [0.25, 0.3) is 0 Å². The fourth-order valence-electron chi connectivity index (χ4n) is 3.70. The summed E-state index contributed by atoms with van der Waals surface area (Å²) in [6.45, 7) is 1.57. The molecule has 0 aliphatic heterocycles. The lowest BCUT2D eigenvalue weighted by molar-refractivity contribution is 0.101. The highest BCUT2D eigenvalue weighted by molar-refractivity contribution is 5.94. The van der Waals surface area contributed by atoms with Crippen LogP contribution in [0.5, 0.6) is 0 Å². The average Bonchev–Trinajstić information content (AvgIpc) is 2.75. The molecule has 0 unspecified atom stereocenters. The molecule has 0 radical (unpaired) electrons. The number of aromatic nitrogens is 2. The summed E-state index contributed by atoms with van der Waals surface area (Å²) in [5, 5.41) is 6.89. The van der Waals surface area contributed by atoms with Crippen molar-refractivity contribution >= 4 is 23.2 Å². The Labute approximate surface area is 171 Å². The summed E-state index contributed by atoms with van der Waals surface area (Å²) in [6, 6.07) is 20.0. The topological polar surface area (TPSA) is 66.9 Å². The van der Waals surface area contributed by atoms with Crippen molar-refractivity contribution in [2.75, 3.05) is 10.6 Å². The minimum atomic E-state index is 0.0592. The smallest absolute Gasteiger partial charge is 0.225 e. The number of anilines is 3. The van der Waals surface area contributed by atoms with Gasteiger partial charge in [0.15, 0.2) is 5.78 Å². The zero-order chi connectivity index (χ0) is 20.1. The van der Waals surface area contributed by atoms with Gasteiger partial charge < -0.3 is 10.6 Å². The maximum absolute atomic E-state index is 11.5. The molecule has 2 aromatic carbocycles. The third-order valence-corrected chi connectivity index (χ3v) is 5.30. The number of benzene rings is 2. The lowest BCUT2D eigenvalue weighted by Crippen LogP contribution is -2.23. The Kier molecular flexibility index (Phi) is 5.84. The van der Waals surface area contributed by atoms with Crippen LogP contribution in [0.3, 0.4) is 0 Å². The summed E-state index contributed by atoms with van der Waals surface area (Å²) < 4.78 is 0. The summed E-state index contributed by atoms with van der Waals surface area (Å²) >= 11 is 0. The Morgan fingerprint density at radius 2 is 1.66 bits per heavy atom. The van der Waals surface area contributed by atoms with Crippen molar-refractivity contribution in [3.05, 3.63) is 66.2 Å².